The maximum atomic E-state index is 12.6. The normalized spacial score (nSPS) is 13.7. The molecule has 1 fully saturated rings. The first-order chi connectivity index (χ1) is 15.6. The van der Waals surface area contributed by atoms with Gasteiger partial charge in [0.2, 0.25) is 16.9 Å². The minimum atomic E-state index is -0.128. The van der Waals surface area contributed by atoms with Crippen molar-refractivity contribution in [2.24, 2.45) is 0 Å². The van der Waals surface area contributed by atoms with Gasteiger partial charge in [-0.25, -0.2) is 4.98 Å². The van der Waals surface area contributed by atoms with Crippen LogP contribution < -0.4 is 15.5 Å². The minimum absolute atomic E-state index is 0.0847. The predicted molar refractivity (Wildman–Crippen MR) is 125 cm³/mol. The summed E-state index contributed by atoms with van der Waals surface area (Å²) in [6.07, 6.45) is 5.07. The van der Waals surface area contributed by atoms with Crippen LogP contribution in [0, 0.1) is 0 Å². The Labute approximate surface area is 193 Å². The van der Waals surface area contributed by atoms with Gasteiger partial charge in [0.1, 0.15) is 5.82 Å². The molecule has 2 aromatic heterocycles. The van der Waals surface area contributed by atoms with Gasteiger partial charge in [0.15, 0.2) is 4.34 Å². The fraction of sp³-hybridized carbons (Fsp3) is 0.300. The van der Waals surface area contributed by atoms with E-state index in [1.54, 1.807) is 18.6 Å². The van der Waals surface area contributed by atoms with Crippen molar-refractivity contribution < 1.29 is 9.59 Å². The van der Waals surface area contributed by atoms with Gasteiger partial charge < -0.3 is 20.4 Å². The van der Waals surface area contributed by atoms with Gasteiger partial charge >= 0.3 is 0 Å². The number of amides is 2. The molecule has 1 saturated heterocycles. The highest BCUT2D eigenvalue weighted by atomic mass is 32.2. The average molecular weight is 471 g/mol. The molecule has 2 amide bonds. The molecule has 0 unspecified atom stereocenters. The van der Waals surface area contributed by atoms with E-state index in [4.69, 9.17) is 0 Å². The number of aromatic nitrogens is 4. The molecule has 1 aromatic carbocycles. The first-order valence-corrected chi connectivity index (χ1v) is 11.8. The zero-order valence-electron chi connectivity index (χ0n) is 17.4. The Hall–Kier alpha value is -3.25. The molecule has 0 saturated carbocycles. The lowest BCUT2D eigenvalue weighted by Crippen LogP contribution is -2.49. The van der Waals surface area contributed by atoms with Crippen LogP contribution >= 0.6 is 23.1 Å². The molecule has 0 atom stereocenters. The topological polar surface area (TPSA) is 116 Å². The maximum Gasteiger partial charge on any atom is 0.233 e. The number of nitrogens with zero attached hydrogens (tertiary/aromatic N) is 6. The van der Waals surface area contributed by atoms with Crippen molar-refractivity contribution in [1.29, 1.82) is 0 Å². The number of carbonyl (C=O) groups excluding carboxylic acids is 2. The molecule has 12 heteroatoms. The molecule has 4 rings (SSSR count). The quantitative estimate of drug-likeness (QED) is 0.502. The van der Waals surface area contributed by atoms with Crippen molar-refractivity contribution >= 4 is 57.2 Å². The Balaban J connectivity index is 1.25. The van der Waals surface area contributed by atoms with Crippen LogP contribution in [0.15, 0.2) is 47.2 Å². The molecule has 0 aliphatic carbocycles. The number of hydrogen-bond acceptors (Lipinski definition) is 10. The molecule has 0 radical (unpaired) electrons. The number of hydrogen-bond donors (Lipinski definition) is 2. The van der Waals surface area contributed by atoms with Crippen LogP contribution in [0.4, 0.5) is 22.3 Å². The summed E-state index contributed by atoms with van der Waals surface area (Å²) in [6, 6.07) is 7.35. The standard InChI is InChI=1S/C20H22N8O2S2/c1-14(29)23-15-3-2-4-16(11-15)24-19-25-26-20(32-19)31-13-18(30)28-9-7-27(8-10-28)17-12-21-5-6-22-17/h2-6,11-12H,7-10,13H2,1H3,(H,23,29)(H,24,25). The van der Waals surface area contributed by atoms with Gasteiger partial charge in [-0.1, -0.05) is 29.2 Å². The van der Waals surface area contributed by atoms with E-state index < -0.39 is 0 Å². The first kappa shape index (κ1) is 22.0. The highest BCUT2D eigenvalue weighted by Crippen LogP contribution is 2.28. The van der Waals surface area contributed by atoms with E-state index in [-0.39, 0.29) is 11.8 Å². The summed E-state index contributed by atoms with van der Waals surface area (Å²) >= 11 is 2.76. The lowest BCUT2D eigenvalue weighted by molar-refractivity contribution is -0.128. The fourth-order valence-corrected chi connectivity index (χ4v) is 4.85. The second-order valence-corrected chi connectivity index (χ2v) is 9.18. The molecule has 0 spiro atoms. The second kappa shape index (κ2) is 10.4. The Morgan fingerprint density at radius 1 is 1.12 bits per heavy atom. The van der Waals surface area contributed by atoms with Crippen LogP contribution in [0.2, 0.25) is 0 Å². The van der Waals surface area contributed by atoms with Gasteiger partial charge in [0.25, 0.3) is 0 Å². The van der Waals surface area contributed by atoms with E-state index in [1.165, 1.54) is 30.0 Å². The number of carbonyl (C=O) groups is 2. The summed E-state index contributed by atoms with van der Waals surface area (Å²) in [7, 11) is 0. The summed E-state index contributed by atoms with van der Waals surface area (Å²) in [5, 5.41) is 14.8. The van der Waals surface area contributed by atoms with E-state index in [9.17, 15) is 9.59 Å². The molecule has 166 valence electrons. The molecule has 1 aliphatic heterocycles. The predicted octanol–water partition coefficient (Wildman–Crippen LogP) is 2.47. The molecule has 10 nitrogen and oxygen atoms in total. The third-order valence-electron chi connectivity index (χ3n) is 4.67. The fourth-order valence-electron chi connectivity index (χ4n) is 3.17. The van der Waals surface area contributed by atoms with Crippen LogP contribution in [-0.2, 0) is 9.59 Å². The van der Waals surface area contributed by atoms with Crippen LogP contribution in [0.1, 0.15) is 6.92 Å². The van der Waals surface area contributed by atoms with Crippen LogP contribution in [0.3, 0.4) is 0 Å². The molecule has 3 heterocycles. The SMILES string of the molecule is CC(=O)Nc1cccc(Nc2nnc(SCC(=O)N3CCN(c4cnccn4)CC3)s2)c1. The average Bonchev–Trinajstić information content (AvgIpc) is 3.25. The first-order valence-electron chi connectivity index (χ1n) is 9.96. The highest BCUT2D eigenvalue weighted by Gasteiger charge is 2.22. The third-order valence-corrected chi connectivity index (χ3v) is 6.62. The number of thioether (sulfide) groups is 1. The molecule has 2 N–H and O–H groups in total. The van der Waals surface area contributed by atoms with E-state index >= 15 is 0 Å². The molecular formula is C20H22N8O2S2. The zero-order chi connectivity index (χ0) is 22.3. The van der Waals surface area contributed by atoms with E-state index in [1.807, 2.05) is 29.2 Å². The third kappa shape index (κ3) is 5.92. The summed E-state index contributed by atoms with van der Waals surface area (Å²) < 4.78 is 0.720. The number of anilines is 4. The molecule has 1 aliphatic rings. The summed E-state index contributed by atoms with van der Waals surface area (Å²) in [5.41, 5.74) is 1.49. The lowest BCUT2D eigenvalue weighted by atomic mass is 10.3. The maximum absolute atomic E-state index is 12.6. The number of benzene rings is 1. The van der Waals surface area contributed by atoms with E-state index in [2.05, 4.69) is 35.7 Å². The lowest BCUT2D eigenvalue weighted by Gasteiger charge is -2.35. The van der Waals surface area contributed by atoms with Crippen LogP contribution in [0.25, 0.3) is 0 Å². The van der Waals surface area contributed by atoms with Gasteiger partial charge in [-0.3, -0.25) is 14.6 Å². The van der Waals surface area contributed by atoms with Gasteiger partial charge in [-0.2, -0.15) is 0 Å². The number of piperazine rings is 1. The second-order valence-electron chi connectivity index (χ2n) is 6.98. The summed E-state index contributed by atoms with van der Waals surface area (Å²) in [4.78, 5) is 36.2. The monoisotopic (exact) mass is 470 g/mol. The van der Waals surface area contributed by atoms with Crippen molar-refractivity contribution in [2.75, 3.05) is 47.5 Å². The minimum Gasteiger partial charge on any atom is -0.352 e. The van der Waals surface area contributed by atoms with Crippen LogP contribution in [-0.4, -0.2) is 68.8 Å². The van der Waals surface area contributed by atoms with Crippen molar-refractivity contribution in [1.82, 2.24) is 25.1 Å². The van der Waals surface area contributed by atoms with Gasteiger partial charge in [-0.15, -0.1) is 10.2 Å². The van der Waals surface area contributed by atoms with Gasteiger partial charge in [-0.05, 0) is 18.2 Å². The van der Waals surface area contributed by atoms with E-state index in [0.717, 1.165) is 28.9 Å². The Morgan fingerprint density at radius 3 is 2.69 bits per heavy atom. The summed E-state index contributed by atoms with van der Waals surface area (Å²) in [5.74, 6) is 1.11. The Bertz CT molecular complexity index is 1070. The highest BCUT2D eigenvalue weighted by molar-refractivity contribution is 8.01. The smallest absolute Gasteiger partial charge is 0.233 e. The zero-order valence-corrected chi connectivity index (χ0v) is 19.0. The molecule has 32 heavy (non-hydrogen) atoms. The van der Waals surface area contributed by atoms with Gasteiger partial charge in [0.05, 0.1) is 11.9 Å². The van der Waals surface area contributed by atoms with Gasteiger partial charge in [0, 0.05) is 56.9 Å². The van der Waals surface area contributed by atoms with Crippen molar-refractivity contribution in [3.63, 3.8) is 0 Å². The molecule has 0 bridgehead atoms. The van der Waals surface area contributed by atoms with Crippen molar-refractivity contribution in [2.45, 2.75) is 11.3 Å². The Morgan fingerprint density at radius 2 is 1.94 bits per heavy atom. The van der Waals surface area contributed by atoms with Crippen molar-refractivity contribution in [3.8, 4) is 0 Å². The van der Waals surface area contributed by atoms with Crippen molar-refractivity contribution in [3.05, 3.63) is 42.9 Å². The Kier molecular flexibility index (Phi) is 7.12. The molecular weight excluding hydrogens is 448 g/mol. The largest absolute Gasteiger partial charge is 0.352 e. The molecule has 3 aromatic rings. The van der Waals surface area contributed by atoms with Crippen LogP contribution in [0.5, 0.6) is 0 Å². The van der Waals surface area contributed by atoms with E-state index in [0.29, 0.717) is 29.7 Å². The number of rotatable bonds is 7. The summed E-state index contributed by atoms with van der Waals surface area (Å²) in [6.45, 7) is 4.25. The number of nitrogens with one attached hydrogen (secondary N) is 2.